The molecular weight excluding hydrogens is 230 g/mol. The summed E-state index contributed by atoms with van der Waals surface area (Å²) in [4.78, 5) is 14.8. The molecule has 0 aromatic carbocycles. The van der Waals surface area contributed by atoms with Crippen molar-refractivity contribution in [3.8, 4) is 11.5 Å². The molecule has 2 heterocycles. The summed E-state index contributed by atoms with van der Waals surface area (Å²) in [5.41, 5.74) is 6.56. The first-order valence-electron chi connectivity index (χ1n) is 5.90. The molecule has 0 radical (unpaired) electrons. The summed E-state index contributed by atoms with van der Waals surface area (Å²) < 4.78 is 1.71. The van der Waals surface area contributed by atoms with Crippen LogP contribution in [0.25, 0.3) is 11.5 Å². The average Bonchev–Trinajstić information content (AvgIpc) is 2.76. The molecule has 7 heteroatoms. The predicted octanol–water partition coefficient (Wildman–Crippen LogP) is 0.700. The number of nitrogen functional groups attached to an aromatic ring is 1. The van der Waals surface area contributed by atoms with Gasteiger partial charge in [-0.2, -0.15) is 20.1 Å². The van der Waals surface area contributed by atoms with Crippen molar-refractivity contribution >= 4 is 11.9 Å². The number of hydrogen-bond donors (Lipinski definition) is 1. The maximum atomic E-state index is 5.74. The molecule has 0 saturated heterocycles. The number of aromatic nitrogens is 5. The average molecular weight is 247 g/mol. The van der Waals surface area contributed by atoms with Crippen LogP contribution in [-0.4, -0.2) is 37.8 Å². The highest BCUT2D eigenvalue weighted by Gasteiger charge is 2.12. The molecule has 0 fully saturated rings. The Labute approximate surface area is 106 Å². The Hall–Kier alpha value is -2.18. The number of aryl methyl sites for hydroxylation is 1. The molecule has 0 unspecified atom stereocenters. The lowest BCUT2D eigenvalue weighted by Gasteiger charge is -2.18. The van der Waals surface area contributed by atoms with Crippen LogP contribution in [0.2, 0.25) is 0 Å². The van der Waals surface area contributed by atoms with Crippen LogP contribution in [0.15, 0.2) is 12.3 Å². The summed E-state index contributed by atoms with van der Waals surface area (Å²) in [6.07, 6.45) is 1.70. The number of nitrogens with two attached hydrogens (primary N) is 1. The van der Waals surface area contributed by atoms with Crippen LogP contribution < -0.4 is 10.6 Å². The molecule has 2 rings (SSSR count). The zero-order valence-corrected chi connectivity index (χ0v) is 10.8. The van der Waals surface area contributed by atoms with E-state index in [2.05, 4.69) is 20.1 Å². The molecular formula is C11H17N7. The van der Waals surface area contributed by atoms with Gasteiger partial charge in [0.15, 0.2) is 5.82 Å². The first-order valence-corrected chi connectivity index (χ1v) is 5.90. The van der Waals surface area contributed by atoms with Gasteiger partial charge in [0, 0.05) is 26.3 Å². The Morgan fingerprint density at radius 1 is 1.22 bits per heavy atom. The van der Waals surface area contributed by atoms with Crippen LogP contribution in [0.5, 0.6) is 0 Å². The summed E-state index contributed by atoms with van der Waals surface area (Å²) in [5.74, 6) is 1.37. The quantitative estimate of drug-likeness (QED) is 0.856. The van der Waals surface area contributed by atoms with E-state index < -0.39 is 0 Å². The third kappa shape index (κ3) is 2.24. The molecule has 7 nitrogen and oxygen atoms in total. The van der Waals surface area contributed by atoms with Crippen LogP contribution >= 0.6 is 0 Å². The first-order chi connectivity index (χ1) is 8.65. The van der Waals surface area contributed by atoms with E-state index in [1.165, 1.54) is 0 Å². The van der Waals surface area contributed by atoms with Crippen LogP contribution in [0, 0.1) is 0 Å². The summed E-state index contributed by atoms with van der Waals surface area (Å²) in [5, 5.41) is 4.10. The summed E-state index contributed by atoms with van der Waals surface area (Å²) in [7, 11) is 1.84. The molecule has 0 atom stereocenters. The van der Waals surface area contributed by atoms with Gasteiger partial charge in [0.25, 0.3) is 0 Å². The van der Waals surface area contributed by atoms with E-state index >= 15 is 0 Å². The van der Waals surface area contributed by atoms with Crippen molar-refractivity contribution in [3.63, 3.8) is 0 Å². The standard InChI is InChI=1S/C11H17N7/c1-4-18(5-2)11-15-9(14-10(12)16-11)8-6-7-13-17(8)3/h6-7H,4-5H2,1-3H3,(H2,12,14,15,16). The van der Waals surface area contributed by atoms with E-state index in [4.69, 9.17) is 5.73 Å². The van der Waals surface area contributed by atoms with Crippen molar-refractivity contribution in [3.05, 3.63) is 12.3 Å². The molecule has 0 aliphatic heterocycles. The zero-order valence-electron chi connectivity index (χ0n) is 10.8. The second kappa shape index (κ2) is 4.99. The third-order valence-corrected chi connectivity index (χ3v) is 2.74. The Bertz CT molecular complexity index is 530. The van der Waals surface area contributed by atoms with Gasteiger partial charge in [-0.25, -0.2) is 0 Å². The number of hydrogen-bond acceptors (Lipinski definition) is 6. The van der Waals surface area contributed by atoms with E-state index in [1.807, 2.05) is 31.9 Å². The van der Waals surface area contributed by atoms with Crippen LogP contribution in [0.1, 0.15) is 13.8 Å². The molecule has 0 aliphatic carbocycles. The molecule has 0 saturated carbocycles. The largest absolute Gasteiger partial charge is 0.368 e. The van der Waals surface area contributed by atoms with Gasteiger partial charge in [-0.3, -0.25) is 4.68 Å². The maximum Gasteiger partial charge on any atom is 0.230 e. The van der Waals surface area contributed by atoms with Crippen molar-refractivity contribution in [2.75, 3.05) is 23.7 Å². The zero-order chi connectivity index (χ0) is 13.1. The minimum atomic E-state index is 0.225. The number of nitrogens with zero attached hydrogens (tertiary/aromatic N) is 6. The lowest BCUT2D eigenvalue weighted by Crippen LogP contribution is -2.25. The molecule has 0 aliphatic rings. The highest BCUT2D eigenvalue weighted by Crippen LogP contribution is 2.17. The highest BCUT2D eigenvalue weighted by molar-refractivity contribution is 5.53. The van der Waals surface area contributed by atoms with E-state index in [1.54, 1.807) is 10.9 Å². The van der Waals surface area contributed by atoms with Gasteiger partial charge in [0.2, 0.25) is 11.9 Å². The fraction of sp³-hybridized carbons (Fsp3) is 0.455. The predicted molar refractivity (Wildman–Crippen MR) is 70.0 cm³/mol. The Morgan fingerprint density at radius 2 is 1.94 bits per heavy atom. The molecule has 2 N–H and O–H groups in total. The first kappa shape index (κ1) is 12.3. The lowest BCUT2D eigenvalue weighted by atomic mass is 10.4. The molecule has 0 spiro atoms. The summed E-state index contributed by atoms with van der Waals surface area (Å²) in [6, 6.07) is 1.85. The molecule has 96 valence electrons. The van der Waals surface area contributed by atoms with Crippen molar-refractivity contribution in [2.24, 2.45) is 7.05 Å². The Balaban J connectivity index is 2.47. The van der Waals surface area contributed by atoms with Gasteiger partial charge in [-0.05, 0) is 19.9 Å². The second-order valence-corrected chi connectivity index (χ2v) is 3.83. The normalized spacial score (nSPS) is 10.6. The van der Waals surface area contributed by atoms with Crippen molar-refractivity contribution in [2.45, 2.75) is 13.8 Å². The van der Waals surface area contributed by atoms with Gasteiger partial charge >= 0.3 is 0 Å². The topological polar surface area (TPSA) is 85.8 Å². The van der Waals surface area contributed by atoms with Gasteiger partial charge in [-0.1, -0.05) is 0 Å². The Morgan fingerprint density at radius 3 is 2.50 bits per heavy atom. The fourth-order valence-corrected chi connectivity index (χ4v) is 1.74. The molecule has 0 bridgehead atoms. The maximum absolute atomic E-state index is 5.74. The van der Waals surface area contributed by atoms with E-state index in [9.17, 15) is 0 Å². The van der Waals surface area contributed by atoms with Crippen molar-refractivity contribution < 1.29 is 0 Å². The third-order valence-electron chi connectivity index (χ3n) is 2.74. The summed E-state index contributed by atoms with van der Waals surface area (Å²) in [6.45, 7) is 5.75. The van der Waals surface area contributed by atoms with Gasteiger partial charge in [0.1, 0.15) is 5.69 Å². The highest BCUT2D eigenvalue weighted by atomic mass is 15.3. The molecule has 18 heavy (non-hydrogen) atoms. The smallest absolute Gasteiger partial charge is 0.230 e. The van der Waals surface area contributed by atoms with E-state index in [0.717, 1.165) is 18.8 Å². The van der Waals surface area contributed by atoms with E-state index in [0.29, 0.717) is 11.8 Å². The minimum Gasteiger partial charge on any atom is -0.368 e. The van der Waals surface area contributed by atoms with Gasteiger partial charge in [-0.15, -0.1) is 0 Å². The molecule has 2 aromatic heterocycles. The second-order valence-electron chi connectivity index (χ2n) is 3.83. The lowest BCUT2D eigenvalue weighted by molar-refractivity contribution is 0.764. The van der Waals surface area contributed by atoms with Crippen LogP contribution in [0.3, 0.4) is 0 Å². The fourth-order valence-electron chi connectivity index (χ4n) is 1.74. The molecule has 2 aromatic rings. The SMILES string of the molecule is CCN(CC)c1nc(N)nc(-c2ccnn2C)n1. The summed E-state index contributed by atoms with van der Waals surface area (Å²) >= 11 is 0. The molecule has 0 amide bonds. The number of anilines is 2. The van der Waals surface area contributed by atoms with Crippen molar-refractivity contribution in [1.29, 1.82) is 0 Å². The van der Waals surface area contributed by atoms with Gasteiger partial charge in [0.05, 0.1) is 0 Å². The minimum absolute atomic E-state index is 0.225. The van der Waals surface area contributed by atoms with Crippen LogP contribution in [0.4, 0.5) is 11.9 Å². The Kier molecular flexibility index (Phi) is 3.40. The number of rotatable bonds is 4. The van der Waals surface area contributed by atoms with Gasteiger partial charge < -0.3 is 10.6 Å². The van der Waals surface area contributed by atoms with E-state index in [-0.39, 0.29) is 5.95 Å². The van der Waals surface area contributed by atoms with Crippen molar-refractivity contribution in [1.82, 2.24) is 24.7 Å². The monoisotopic (exact) mass is 247 g/mol. The van der Waals surface area contributed by atoms with Crippen LogP contribution in [-0.2, 0) is 7.05 Å².